The largest absolute Gasteiger partial charge is 0.399 e. The Balaban J connectivity index is 1.98. The van der Waals surface area contributed by atoms with Crippen LogP contribution in [0.4, 0.5) is 5.69 Å². The number of benzene rings is 1. The van der Waals surface area contributed by atoms with Crippen molar-refractivity contribution in [1.82, 2.24) is 10.3 Å². The molecule has 0 spiro atoms. The summed E-state index contributed by atoms with van der Waals surface area (Å²) in [7, 11) is 0. The van der Waals surface area contributed by atoms with Gasteiger partial charge in [0.25, 0.3) is 5.91 Å². The van der Waals surface area contributed by atoms with Crippen molar-refractivity contribution in [2.45, 2.75) is 12.8 Å². The number of amides is 1. The molecule has 0 aliphatic carbocycles. The van der Waals surface area contributed by atoms with Gasteiger partial charge in [0.15, 0.2) is 0 Å². The van der Waals surface area contributed by atoms with E-state index >= 15 is 0 Å². The van der Waals surface area contributed by atoms with Crippen LogP contribution >= 0.6 is 22.9 Å². The average molecular weight is 296 g/mol. The van der Waals surface area contributed by atoms with Gasteiger partial charge in [-0.3, -0.25) is 4.79 Å². The first-order valence-corrected chi connectivity index (χ1v) is 7.06. The van der Waals surface area contributed by atoms with Crippen molar-refractivity contribution in [2.75, 3.05) is 12.3 Å². The van der Waals surface area contributed by atoms with Gasteiger partial charge in [0.1, 0.15) is 0 Å². The van der Waals surface area contributed by atoms with Crippen molar-refractivity contribution in [3.05, 3.63) is 45.4 Å². The van der Waals surface area contributed by atoms with Crippen LogP contribution in [0.1, 0.15) is 28.2 Å². The van der Waals surface area contributed by atoms with E-state index in [1.807, 2.05) is 12.3 Å². The molecule has 19 heavy (non-hydrogen) atoms. The lowest BCUT2D eigenvalue weighted by Gasteiger charge is -2.11. The van der Waals surface area contributed by atoms with E-state index < -0.39 is 0 Å². The minimum absolute atomic E-state index is 0.177. The van der Waals surface area contributed by atoms with E-state index in [0.717, 1.165) is 5.01 Å². The molecule has 1 unspecified atom stereocenters. The summed E-state index contributed by atoms with van der Waals surface area (Å²) >= 11 is 7.57. The van der Waals surface area contributed by atoms with E-state index in [0.29, 0.717) is 22.8 Å². The van der Waals surface area contributed by atoms with Gasteiger partial charge >= 0.3 is 0 Å². The van der Waals surface area contributed by atoms with Crippen LogP contribution in [0.3, 0.4) is 0 Å². The molecular formula is C13H14ClN3OS. The zero-order chi connectivity index (χ0) is 13.8. The van der Waals surface area contributed by atoms with Gasteiger partial charge in [-0.1, -0.05) is 18.5 Å². The van der Waals surface area contributed by atoms with Gasteiger partial charge < -0.3 is 11.1 Å². The van der Waals surface area contributed by atoms with Crippen LogP contribution in [0.2, 0.25) is 5.02 Å². The summed E-state index contributed by atoms with van der Waals surface area (Å²) in [6, 6.07) is 4.85. The Hall–Kier alpha value is -1.59. The van der Waals surface area contributed by atoms with Crippen LogP contribution in [0.15, 0.2) is 29.8 Å². The fraction of sp³-hybridized carbons (Fsp3) is 0.231. The normalized spacial score (nSPS) is 12.1. The van der Waals surface area contributed by atoms with Gasteiger partial charge in [0.05, 0.1) is 15.6 Å². The first kappa shape index (κ1) is 13.8. The smallest absolute Gasteiger partial charge is 0.252 e. The zero-order valence-electron chi connectivity index (χ0n) is 10.4. The molecule has 3 N–H and O–H groups in total. The van der Waals surface area contributed by atoms with Crippen LogP contribution in [0.25, 0.3) is 0 Å². The Kier molecular flexibility index (Phi) is 4.39. The summed E-state index contributed by atoms with van der Waals surface area (Å²) in [5, 5.41) is 6.13. The molecule has 0 fully saturated rings. The lowest BCUT2D eigenvalue weighted by molar-refractivity contribution is 0.0952. The number of halogens is 1. The fourth-order valence-corrected chi connectivity index (χ4v) is 2.59. The number of aromatic nitrogens is 1. The fourth-order valence-electron chi connectivity index (χ4n) is 1.62. The van der Waals surface area contributed by atoms with Crippen LogP contribution in [-0.4, -0.2) is 17.4 Å². The van der Waals surface area contributed by atoms with E-state index in [4.69, 9.17) is 17.3 Å². The maximum atomic E-state index is 12.0. The first-order chi connectivity index (χ1) is 9.08. The summed E-state index contributed by atoms with van der Waals surface area (Å²) in [5.74, 6) is -0.0232. The monoisotopic (exact) mass is 295 g/mol. The molecule has 1 heterocycles. The molecule has 1 aromatic heterocycles. The lowest BCUT2D eigenvalue weighted by atomic mass is 10.1. The van der Waals surface area contributed by atoms with Crippen molar-refractivity contribution in [3.63, 3.8) is 0 Å². The number of nitrogens with two attached hydrogens (primary N) is 1. The van der Waals surface area contributed by atoms with Crippen LogP contribution < -0.4 is 11.1 Å². The molecule has 0 saturated heterocycles. The third kappa shape index (κ3) is 3.45. The second-order valence-corrected chi connectivity index (χ2v) is 5.55. The predicted molar refractivity (Wildman–Crippen MR) is 78.7 cm³/mol. The van der Waals surface area contributed by atoms with E-state index in [1.54, 1.807) is 35.7 Å². The quantitative estimate of drug-likeness (QED) is 0.852. The number of hydrogen-bond donors (Lipinski definition) is 2. The van der Waals surface area contributed by atoms with Gasteiger partial charge in [-0.05, 0) is 18.2 Å². The second kappa shape index (κ2) is 6.04. The standard InChI is InChI=1S/C13H14ClN3OS/c1-8(13-16-4-5-19-13)7-17-12(18)10-3-2-9(15)6-11(10)14/h2-6,8H,7,15H2,1H3,(H,17,18). The number of carbonyl (C=O) groups is 1. The SMILES string of the molecule is CC(CNC(=O)c1ccc(N)cc1Cl)c1nccs1. The Labute approximate surface area is 120 Å². The van der Waals surface area contributed by atoms with Gasteiger partial charge in [0.2, 0.25) is 0 Å². The summed E-state index contributed by atoms with van der Waals surface area (Å²) in [4.78, 5) is 16.2. The van der Waals surface area contributed by atoms with Crippen LogP contribution in [0.5, 0.6) is 0 Å². The summed E-state index contributed by atoms with van der Waals surface area (Å²) < 4.78 is 0. The van der Waals surface area contributed by atoms with Crippen molar-refractivity contribution < 1.29 is 4.79 Å². The highest BCUT2D eigenvalue weighted by Gasteiger charge is 2.13. The Bertz CT molecular complexity index is 571. The minimum atomic E-state index is -0.201. The lowest BCUT2D eigenvalue weighted by Crippen LogP contribution is -2.27. The minimum Gasteiger partial charge on any atom is -0.399 e. The van der Waals surface area contributed by atoms with E-state index in [-0.39, 0.29) is 11.8 Å². The molecule has 100 valence electrons. The number of nitrogens with one attached hydrogen (secondary N) is 1. The summed E-state index contributed by atoms with van der Waals surface area (Å²) in [6.07, 6.45) is 1.76. The summed E-state index contributed by atoms with van der Waals surface area (Å²) in [5.41, 5.74) is 6.56. The number of thiazole rings is 1. The van der Waals surface area contributed by atoms with Crippen LogP contribution in [-0.2, 0) is 0 Å². The Morgan fingerprint density at radius 3 is 3.00 bits per heavy atom. The van der Waals surface area contributed by atoms with Crippen molar-refractivity contribution >= 4 is 34.5 Å². The van der Waals surface area contributed by atoms with Crippen molar-refractivity contribution in [2.24, 2.45) is 0 Å². The third-order valence-corrected chi connectivity index (χ3v) is 4.00. The number of anilines is 1. The molecular weight excluding hydrogens is 282 g/mol. The first-order valence-electron chi connectivity index (χ1n) is 5.80. The molecule has 0 saturated carbocycles. The molecule has 0 aliphatic heterocycles. The van der Waals surface area contributed by atoms with E-state index in [1.165, 1.54) is 0 Å². The number of carbonyl (C=O) groups excluding carboxylic acids is 1. The number of nitrogen functional groups attached to an aromatic ring is 1. The second-order valence-electron chi connectivity index (χ2n) is 4.22. The number of nitrogens with zero attached hydrogens (tertiary/aromatic N) is 1. The average Bonchev–Trinajstić information content (AvgIpc) is 2.89. The van der Waals surface area contributed by atoms with Crippen molar-refractivity contribution in [1.29, 1.82) is 0 Å². The Morgan fingerprint density at radius 2 is 2.37 bits per heavy atom. The van der Waals surface area contributed by atoms with Gasteiger partial charge in [0, 0.05) is 29.7 Å². The van der Waals surface area contributed by atoms with Gasteiger partial charge in [-0.2, -0.15) is 0 Å². The zero-order valence-corrected chi connectivity index (χ0v) is 12.0. The van der Waals surface area contributed by atoms with Crippen LogP contribution in [0, 0.1) is 0 Å². The maximum absolute atomic E-state index is 12.0. The number of hydrogen-bond acceptors (Lipinski definition) is 4. The van der Waals surface area contributed by atoms with E-state index in [9.17, 15) is 4.79 Å². The Morgan fingerprint density at radius 1 is 1.58 bits per heavy atom. The molecule has 1 amide bonds. The molecule has 0 aliphatic rings. The van der Waals surface area contributed by atoms with Gasteiger partial charge in [-0.25, -0.2) is 4.98 Å². The van der Waals surface area contributed by atoms with Crippen molar-refractivity contribution in [3.8, 4) is 0 Å². The van der Waals surface area contributed by atoms with E-state index in [2.05, 4.69) is 10.3 Å². The highest BCUT2D eigenvalue weighted by atomic mass is 35.5. The highest BCUT2D eigenvalue weighted by Crippen LogP contribution is 2.20. The maximum Gasteiger partial charge on any atom is 0.252 e. The van der Waals surface area contributed by atoms with Gasteiger partial charge in [-0.15, -0.1) is 11.3 Å². The topological polar surface area (TPSA) is 68.0 Å². The molecule has 0 radical (unpaired) electrons. The molecule has 6 heteroatoms. The molecule has 1 atom stereocenters. The number of rotatable bonds is 4. The highest BCUT2D eigenvalue weighted by molar-refractivity contribution is 7.09. The molecule has 4 nitrogen and oxygen atoms in total. The molecule has 1 aromatic carbocycles. The molecule has 2 rings (SSSR count). The molecule has 2 aromatic rings. The molecule has 0 bridgehead atoms. The third-order valence-electron chi connectivity index (χ3n) is 2.68. The predicted octanol–water partition coefficient (Wildman–Crippen LogP) is 2.91. The summed E-state index contributed by atoms with van der Waals surface area (Å²) in [6.45, 7) is 2.54.